The highest BCUT2D eigenvalue weighted by atomic mass is 32.2. The Balaban J connectivity index is 1.53. The van der Waals surface area contributed by atoms with Crippen LogP contribution in [0, 0.1) is 10.1 Å². The molecule has 2 aromatic carbocycles. The first kappa shape index (κ1) is 22.7. The Morgan fingerprint density at radius 3 is 2.70 bits per heavy atom. The number of nitro groups is 1. The molecular weight excluding hydrogens is 442 g/mol. The number of fused-ring (bicyclic) bond motifs is 3. The molecule has 1 N–H and O–H groups in total. The molecule has 0 aliphatic carbocycles. The minimum Gasteiger partial charge on any atom is -0.356 e. The van der Waals surface area contributed by atoms with E-state index in [0.717, 1.165) is 24.0 Å². The van der Waals surface area contributed by atoms with Crippen molar-refractivity contribution in [2.45, 2.75) is 38.0 Å². The zero-order valence-electron chi connectivity index (χ0n) is 18.1. The minimum atomic E-state index is -0.794. The van der Waals surface area contributed by atoms with Crippen molar-refractivity contribution < 1.29 is 14.5 Å². The highest BCUT2D eigenvalue weighted by Crippen LogP contribution is 2.35. The van der Waals surface area contributed by atoms with Crippen molar-refractivity contribution in [1.29, 1.82) is 0 Å². The van der Waals surface area contributed by atoms with Gasteiger partial charge in [0.15, 0.2) is 5.17 Å². The van der Waals surface area contributed by atoms with Crippen molar-refractivity contribution in [1.82, 2.24) is 10.2 Å². The van der Waals surface area contributed by atoms with Crippen molar-refractivity contribution in [3.8, 4) is 0 Å². The fourth-order valence-electron chi connectivity index (χ4n) is 3.55. The van der Waals surface area contributed by atoms with Crippen molar-refractivity contribution in [2.75, 3.05) is 6.54 Å². The normalized spacial score (nSPS) is 16.6. The maximum absolute atomic E-state index is 13.2. The number of hydrogen-bond donors (Lipinski definition) is 1. The molecule has 2 amide bonds. The van der Waals surface area contributed by atoms with Gasteiger partial charge < -0.3 is 5.32 Å². The third-order valence-electron chi connectivity index (χ3n) is 5.29. The monoisotopic (exact) mass is 465 g/mol. The lowest BCUT2D eigenvalue weighted by Gasteiger charge is -2.25. The number of nitro benzene ring substituents is 1. The van der Waals surface area contributed by atoms with Gasteiger partial charge in [-0.15, -0.1) is 0 Å². The van der Waals surface area contributed by atoms with Crippen molar-refractivity contribution >= 4 is 46.0 Å². The number of hydrogen-bond acceptors (Lipinski definition) is 7. The number of carbonyl (C=O) groups excluding carboxylic acids is 2. The van der Waals surface area contributed by atoms with Gasteiger partial charge in [0.05, 0.1) is 17.0 Å². The highest BCUT2D eigenvalue weighted by Gasteiger charge is 2.42. The first-order valence-corrected chi connectivity index (χ1v) is 11.7. The third-order valence-corrected chi connectivity index (χ3v) is 6.30. The maximum atomic E-state index is 13.2. The Labute approximate surface area is 195 Å². The number of rotatable bonds is 8. The lowest BCUT2D eigenvalue weighted by molar-refractivity contribution is -0.384. The molecule has 0 unspecified atom stereocenters. The van der Waals surface area contributed by atoms with Gasteiger partial charge in [0, 0.05) is 30.0 Å². The van der Waals surface area contributed by atoms with E-state index in [2.05, 4.69) is 15.3 Å². The number of unbranched alkanes of at least 4 members (excludes halogenated alkanes) is 1. The molecule has 170 valence electrons. The molecule has 0 spiro atoms. The van der Waals surface area contributed by atoms with Crippen LogP contribution in [0.5, 0.6) is 0 Å². The second kappa shape index (κ2) is 9.95. The van der Waals surface area contributed by atoms with Crippen LogP contribution in [0.1, 0.15) is 37.3 Å². The summed E-state index contributed by atoms with van der Waals surface area (Å²) in [6.07, 6.45) is 1.85. The Morgan fingerprint density at radius 2 is 1.97 bits per heavy atom. The molecule has 0 saturated heterocycles. The van der Waals surface area contributed by atoms with E-state index >= 15 is 0 Å². The predicted molar refractivity (Wildman–Crippen MR) is 128 cm³/mol. The van der Waals surface area contributed by atoms with Crippen LogP contribution in [-0.2, 0) is 15.3 Å². The molecule has 0 bridgehead atoms. The number of amidine groups is 2. The summed E-state index contributed by atoms with van der Waals surface area (Å²) in [5.41, 5.74) is 2.35. The van der Waals surface area contributed by atoms with E-state index in [0.29, 0.717) is 29.0 Å². The molecular formula is C23H23N5O4S. The average molecular weight is 466 g/mol. The summed E-state index contributed by atoms with van der Waals surface area (Å²) < 4.78 is 0. The molecule has 0 aromatic heterocycles. The molecule has 2 heterocycles. The number of nitrogens with zero attached hydrogens (tertiary/aromatic N) is 4. The SMILES string of the molecule is CCCCNC(=O)C[C@H]1N=C2c3ccccc3N=C(SCc3ccc([N+](=O)[O-])cc3)N2C1=O. The molecule has 0 fully saturated rings. The molecule has 0 saturated carbocycles. The molecule has 4 rings (SSSR count). The summed E-state index contributed by atoms with van der Waals surface area (Å²) in [6.45, 7) is 2.63. The molecule has 9 nitrogen and oxygen atoms in total. The number of thioether (sulfide) groups is 1. The van der Waals surface area contributed by atoms with Crippen LogP contribution < -0.4 is 5.32 Å². The van der Waals surface area contributed by atoms with Gasteiger partial charge in [0.25, 0.3) is 11.6 Å². The van der Waals surface area contributed by atoms with Crippen LogP contribution in [0.4, 0.5) is 11.4 Å². The molecule has 2 aliphatic rings. The Kier molecular flexibility index (Phi) is 6.83. The number of aliphatic imine (C=N–C) groups is 2. The van der Waals surface area contributed by atoms with Gasteiger partial charge in [-0.3, -0.25) is 24.7 Å². The van der Waals surface area contributed by atoms with Crippen LogP contribution in [0.25, 0.3) is 0 Å². The molecule has 2 aliphatic heterocycles. The molecule has 33 heavy (non-hydrogen) atoms. The number of para-hydroxylation sites is 1. The van der Waals surface area contributed by atoms with Crippen LogP contribution >= 0.6 is 11.8 Å². The predicted octanol–water partition coefficient (Wildman–Crippen LogP) is 3.79. The quantitative estimate of drug-likeness (QED) is 0.362. The number of benzene rings is 2. The fraction of sp³-hybridized carbons (Fsp3) is 0.304. The summed E-state index contributed by atoms with van der Waals surface area (Å²) in [5, 5.41) is 14.2. The van der Waals surface area contributed by atoms with Crippen molar-refractivity contribution in [3.63, 3.8) is 0 Å². The summed E-state index contributed by atoms with van der Waals surface area (Å²) in [7, 11) is 0. The van der Waals surface area contributed by atoms with Gasteiger partial charge in [-0.05, 0) is 24.1 Å². The second-order valence-electron chi connectivity index (χ2n) is 7.67. The lowest BCUT2D eigenvalue weighted by Crippen LogP contribution is -2.42. The topological polar surface area (TPSA) is 117 Å². The van der Waals surface area contributed by atoms with Crippen molar-refractivity contribution in [3.05, 3.63) is 69.8 Å². The van der Waals surface area contributed by atoms with Gasteiger partial charge in [0.2, 0.25) is 5.91 Å². The lowest BCUT2D eigenvalue weighted by atomic mass is 10.1. The van der Waals surface area contributed by atoms with E-state index in [1.165, 1.54) is 28.8 Å². The standard InChI is InChI=1S/C23H23N5O4S/c1-2-3-12-24-20(29)13-19-22(30)27-21(25-19)17-6-4-5-7-18(17)26-23(27)33-14-15-8-10-16(11-9-15)28(31)32/h4-11,19H,2-3,12-14H2,1H3,(H,24,29)/t19-/m1/s1. The zero-order chi connectivity index (χ0) is 23.4. The van der Waals surface area contributed by atoms with E-state index in [1.54, 1.807) is 12.1 Å². The van der Waals surface area contributed by atoms with E-state index in [-0.39, 0.29) is 23.9 Å². The Morgan fingerprint density at radius 1 is 1.21 bits per heavy atom. The van der Waals surface area contributed by atoms with Gasteiger partial charge >= 0.3 is 0 Å². The van der Waals surface area contributed by atoms with Gasteiger partial charge in [0.1, 0.15) is 11.9 Å². The molecule has 2 aromatic rings. The first-order chi connectivity index (χ1) is 16.0. The number of carbonyl (C=O) groups is 2. The largest absolute Gasteiger partial charge is 0.356 e. The van der Waals surface area contributed by atoms with Crippen molar-refractivity contribution in [2.24, 2.45) is 9.98 Å². The Hall–Kier alpha value is -3.53. The smallest absolute Gasteiger partial charge is 0.269 e. The first-order valence-electron chi connectivity index (χ1n) is 10.7. The molecule has 1 atom stereocenters. The molecule has 10 heteroatoms. The van der Waals surface area contributed by atoms with Gasteiger partial charge in [-0.25, -0.2) is 9.89 Å². The van der Waals surface area contributed by atoms with Crippen LogP contribution in [-0.4, -0.2) is 45.2 Å². The Bertz CT molecular complexity index is 1150. The maximum Gasteiger partial charge on any atom is 0.269 e. The van der Waals surface area contributed by atoms with Gasteiger partial charge in [-0.2, -0.15) is 0 Å². The van der Waals surface area contributed by atoms with E-state index < -0.39 is 11.0 Å². The summed E-state index contributed by atoms with van der Waals surface area (Å²) in [5.74, 6) is 0.498. The van der Waals surface area contributed by atoms with E-state index in [1.807, 2.05) is 31.2 Å². The second-order valence-corrected chi connectivity index (χ2v) is 8.62. The van der Waals surface area contributed by atoms with Crippen LogP contribution in [0.15, 0.2) is 58.5 Å². The number of nitrogens with one attached hydrogen (secondary N) is 1. The fourth-order valence-corrected chi connectivity index (χ4v) is 4.50. The highest BCUT2D eigenvalue weighted by molar-refractivity contribution is 8.13. The van der Waals surface area contributed by atoms with Gasteiger partial charge in [-0.1, -0.05) is 49.4 Å². The third kappa shape index (κ3) is 4.95. The minimum absolute atomic E-state index is 0.00891. The summed E-state index contributed by atoms with van der Waals surface area (Å²) >= 11 is 1.35. The average Bonchev–Trinajstić information content (AvgIpc) is 3.14. The van der Waals surface area contributed by atoms with E-state index in [9.17, 15) is 19.7 Å². The zero-order valence-corrected chi connectivity index (χ0v) is 18.9. The summed E-state index contributed by atoms with van der Waals surface area (Å²) in [4.78, 5) is 46.7. The van der Waals surface area contributed by atoms with Crippen LogP contribution in [0.3, 0.4) is 0 Å². The van der Waals surface area contributed by atoms with E-state index in [4.69, 9.17) is 0 Å². The molecule has 0 radical (unpaired) electrons. The summed E-state index contributed by atoms with van der Waals surface area (Å²) in [6, 6.07) is 12.9. The number of amides is 2. The number of non-ortho nitro benzene ring substituents is 1. The van der Waals surface area contributed by atoms with Crippen LogP contribution in [0.2, 0.25) is 0 Å².